The van der Waals surface area contributed by atoms with Crippen molar-refractivity contribution in [1.29, 1.82) is 0 Å². The first kappa shape index (κ1) is 11.0. The van der Waals surface area contributed by atoms with Gasteiger partial charge in [-0.05, 0) is 12.1 Å². The van der Waals surface area contributed by atoms with Crippen molar-refractivity contribution < 1.29 is 9.50 Å². The maximum Gasteiger partial charge on any atom is 0.243 e. The van der Waals surface area contributed by atoms with Crippen molar-refractivity contribution in [1.82, 2.24) is 9.97 Å². The van der Waals surface area contributed by atoms with Gasteiger partial charge in [0.15, 0.2) is 5.82 Å². The number of aromatic hydroxyl groups is 1. The van der Waals surface area contributed by atoms with Gasteiger partial charge >= 0.3 is 0 Å². The maximum atomic E-state index is 12.5. The molecule has 0 spiro atoms. The summed E-state index contributed by atoms with van der Waals surface area (Å²) in [6, 6.07) is 6.74. The first-order valence-corrected chi connectivity index (χ1v) is 4.80. The van der Waals surface area contributed by atoms with Crippen LogP contribution in [0.4, 0.5) is 10.3 Å². The van der Waals surface area contributed by atoms with Crippen molar-refractivity contribution >= 4 is 12.2 Å². The molecule has 86 valence electrons. The summed E-state index contributed by atoms with van der Waals surface area (Å²) in [5, 5.41) is 13.3. The van der Waals surface area contributed by atoms with E-state index in [-0.39, 0.29) is 11.7 Å². The molecule has 5 nitrogen and oxygen atoms in total. The standard InChI is InChI=1S/C11H9FN4O/c12-9-6-13-11(14-7-9)16-15-5-8-3-1-2-4-10(8)17/h1-7,17H,(H,13,14,16)/b15-5+. The van der Waals surface area contributed by atoms with Gasteiger partial charge in [0.25, 0.3) is 0 Å². The molecule has 0 bridgehead atoms. The number of nitrogens with one attached hydrogen (secondary N) is 1. The largest absolute Gasteiger partial charge is 0.507 e. The second kappa shape index (κ2) is 5.02. The Hall–Kier alpha value is -2.50. The lowest BCUT2D eigenvalue weighted by Crippen LogP contribution is -1.96. The number of benzene rings is 1. The number of hydrazone groups is 1. The fraction of sp³-hybridized carbons (Fsp3) is 0. The number of para-hydroxylation sites is 1. The molecule has 0 atom stereocenters. The lowest BCUT2D eigenvalue weighted by molar-refractivity contribution is 0.474. The molecule has 1 aromatic carbocycles. The van der Waals surface area contributed by atoms with E-state index >= 15 is 0 Å². The summed E-state index contributed by atoms with van der Waals surface area (Å²) in [5.41, 5.74) is 3.07. The minimum absolute atomic E-state index is 0.123. The summed E-state index contributed by atoms with van der Waals surface area (Å²) in [5.74, 6) is -0.212. The van der Waals surface area contributed by atoms with Crippen LogP contribution in [0, 0.1) is 5.82 Å². The Labute approximate surface area is 96.7 Å². The number of anilines is 1. The van der Waals surface area contributed by atoms with Gasteiger partial charge in [0.1, 0.15) is 5.75 Å². The molecule has 2 rings (SSSR count). The third-order valence-corrected chi connectivity index (χ3v) is 1.93. The number of hydrogen-bond donors (Lipinski definition) is 2. The van der Waals surface area contributed by atoms with Crippen LogP contribution in [-0.2, 0) is 0 Å². The minimum Gasteiger partial charge on any atom is -0.507 e. The molecule has 0 saturated heterocycles. The number of rotatable bonds is 3. The third-order valence-electron chi connectivity index (χ3n) is 1.93. The number of halogens is 1. The van der Waals surface area contributed by atoms with Gasteiger partial charge in [0.05, 0.1) is 18.6 Å². The van der Waals surface area contributed by atoms with Crippen LogP contribution in [0.3, 0.4) is 0 Å². The van der Waals surface area contributed by atoms with Crippen LogP contribution in [-0.4, -0.2) is 21.3 Å². The van der Waals surface area contributed by atoms with E-state index in [0.29, 0.717) is 5.56 Å². The van der Waals surface area contributed by atoms with Crippen molar-refractivity contribution in [2.24, 2.45) is 5.10 Å². The number of phenols is 1. The molecule has 0 unspecified atom stereocenters. The molecule has 0 aliphatic carbocycles. The predicted molar refractivity (Wildman–Crippen MR) is 61.3 cm³/mol. The highest BCUT2D eigenvalue weighted by Gasteiger charge is 1.96. The molecule has 0 aliphatic heterocycles. The zero-order chi connectivity index (χ0) is 12.1. The summed E-state index contributed by atoms with van der Waals surface area (Å²) >= 11 is 0. The molecule has 1 aromatic heterocycles. The van der Waals surface area contributed by atoms with E-state index in [2.05, 4.69) is 20.5 Å². The number of aromatic nitrogens is 2. The molecule has 2 aromatic rings. The first-order chi connectivity index (χ1) is 8.25. The SMILES string of the molecule is Oc1ccccc1/C=N/Nc1ncc(F)cn1. The van der Waals surface area contributed by atoms with Gasteiger partial charge in [-0.2, -0.15) is 5.10 Å². The van der Waals surface area contributed by atoms with Crippen LogP contribution >= 0.6 is 0 Å². The number of nitrogens with zero attached hydrogens (tertiary/aromatic N) is 3. The average Bonchev–Trinajstić information content (AvgIpc) is 2.34. The summed E-state index contributed by atoms with van der Waals surface area (Å²) < 4.78 is 12.5. The minimum atomic E-state index is -0.514. The monoisotopic (exact) mass is 232 g/mol. The summed E-state index contributed by atoms with van der Waals surface area (Å²) in [6.07, 6.45) is 3.48. The molecule has 2 N–H and O–H groups in total. The van der Waals surface area contributed by atoms with Crippen LogP contribution in [0.1, 0.15) is 5.56 Å². The van der Waals surface area contributed by atoms with E-state index < -0.39 is 5.82 Å². The molecule has 0 fully saturated rings. The Bertz CT molecular complexity index is 527. The molecule has 6 heteroatoms. The van der Waals surface area contributed by atoms with E-state index in [1.807, 2.05) is 0 Å². The van der Waals surface area contributed by atoms with Crippen molar-refractivity contribution in [3.05, 3.63) is 48.0 Å². The lowest BCUT2D eigenvalue weighted by Gasteiger charge is -1.98. The second-order valence-electron chi connectivity index (χ2n) is 3.15. The van der Waals surface area contributed by atoms with E-state index in [9.17, 15) is 9.50 Å². The van der Waals surface area contributed by atoms with E-state index in [0.717, 1.165) is 12.4 Å². The van der Waals surface area contributed by atoms with Crippen LogP contribution < -0.4 is 5.43 Å². The summed E-state index contributed by atoms with van der Waals surface area (Å²) in [7, 11) is 0. The maximum absolute atomic E-state index is 12.5. The van der Waals surface area contributed by atoms with Crippen molar-refractivity contribution in [2.75, 3.05) is 5.43 Å². The van der Waals surface area contributed by atoms with Crippen LogP contribution in [0.5, 0.6) is 5.75 Å². The van der Waals surface area contributed by atoms with Gasteiger partial charge < -0.3 is 5.11 Å². The Kier molecular flexibility index (Phi) is 3.25. The Balaban J connectivity index is 2.03. The quantitative estimate of drug-likeness (QED) is 0.625. The molecule has 0 amide bonds. The topological polar surface area (TPSA) is 70.4 Å². The highest BCUT2D eigenvalue weighted by molar-refractivity contribution is 5.83. The summed E-state index contributed by atoms with van der Waals surface area (Å²) in [6.45, 7) is 0. The van der Waals surface area contributed by atoms with E-state index in [4.69, 9.17) is 0 Å². The molecule has 0 saturated carbocycles. The molecule has 17 heavy (non-hydrogen) atoms. The van der Waals surface area contributed by atoms with Crippen molar-refractivity contribution in [3.8, 4) is 5.75 Å². The predicted octanol–water partition coefficient (Wildman–Crippen LogP) is 1.77. The van der Waals surface area contributed by atoms with Crippen LogP contribution in [0.25, 0.3) is 0 Å². The van der Waals surface area contributed by atoms with Crippen LogP contribution in [0.2, 0.25) is 0 Å². The highest BCUT2D eigenvalue weighted by Crippen LogP contribution is 2.12. The van der Waals surface area contributed by atoms with Crippen LogP contribution in [0.15, 0.2) is 41.8 Å². The van der Waals surface area contributed by atoms with Gasteiger partial charge in [-0.3, -0.25) is 0 Å². The van der Waals surface area contributed by atoms with Gasteiger partial charge in [-0.25, -0.2) is 19.8 Å². The molecule has 0 aliphatic rings. The Morgan fingerprint density at radius 3 is 2.65 bits per heavy atom. The molecular formula is C11H9FN4O. The number of hydrogen-bond acceptors (Lipinski definition) is 5. The third kappa shape index (κ3) is 2.97. The van der Waals surface area contributed by atoms with Gasteiger partial charge in [-0.15, -0.1) is 0 Å². The second-order valence-corrected chi connectivity index (χ2v) is 3.15. The number of phenolic OH excluding ortho intramolecular Hbond substituents is 1. The normalized spacial score (nSPS) is 10.6. The first-order valence-electron chi connectivity index (χ1n) is 4.80. The Morgan fingerprint density at radius 1 is 1.24 bits per heavy atom. The van der Waals surface area contributed by atoms with Crippen molar-refractivity contribution in [3.63, 3.8) is 0 Å². The van der Waals surface area contributed by atoms with Gasteiger partial charge in [-0.1, -0.05) is 12.1 Å². The summed E-state index contributed by atoms with van der Waals surface area (Å²) in [4.78, 5) is 7.32. The fourth-order valence-corrected chi connectivity index (χ4v) is 1.13. The smallest absolute Gasteiger partial charge is 0.243 e. The molecule has 1 heterocycles. The van der Waals surface area contributed by atoms with Gasteiger partial charge in [0, 0.05) is 5.56 Å². The lowest BCUT2D eigenvalue weighted by atomic mass is 10.2. The zero-order valence-electron chi connectivity index (χ0n) is 8.71. The zero-order valence-corrected chi connectivity index (χ0v) is 8.71. The molecular weight excluding hydrogens is 223 g/mol. The molecule has 0 radical (unpaired) electrons. The van der Waals surface area contributed by atoms with Crippen molar-refractivity contribution in [2.45, 2.75) is 0 Å². The van der Waals surface area contributed by atoms with E-state index in [1.54, 1.807) is 24.3 Å². The average molecular weight is 232 g/mol. The van der Waals surface area contributed by atoms with E-state index in [1.165, 1.54) is 6.21 Å². The fourth-order valence-electron chi connectivity index (χ4n) is 1.13. The van der Waals surface area contributed by atoms with Gasteiger partial charge in [0.2, 0.25) is 5.95 Å². The Morgan fingerprint density at radius 2 is 1.94 bits per heavy atom. The highest BCUT2D eigenvalue weighted by atomic mass is 19.1.